The number of H-pyrrole nitrogens is 1. The molecule has 166 valence electrons. The third-order valence-electron chi connectivity index (χ3n) is 6.40. The molecule has 2 fully saturated rings. The average Bonchev–Trinajstić information content (AvgIpc) is 3.35. The van der Waals surface area contributed by atoms with Crippen molar-refractivity contribution in [3.05, 3.63) is 47.9 Å². The van der Waals surface area contributed by atoms with Gasteiger partial charge in [-0.25, -0.2) is 13.8 Å². The maximum absolute atomic E-state index is 15.2. The number of benzene rings is 1. The van der Waals surface area contributed by atoms with Crippen LogP contribution in [0.3, 0.4) is 0 Å². The first-order valence-electron chi connectivity index (χ1n) is 11.1. The minimum Gasteiger partial charge on any atom is -0.371 e. The Balaban J connectivity index is 1.24. The van der Waals surface area contributed by atoms with Crippen LogP contribution >= 0.6 is 0 Å². The predicted octanol–water partition coefficient (Wildman–Crippen LogP) is 4.26. The van der Waals surface area contributed by atoms with E-state index in [0.717, 1.165) is 37.3 Å². The number of halogens is 2. The van der Waals surface area contributed by atoms with Crippen molar-refractivity contribution >= 4 is 33.7 Å². The Kier molecular flexibility index (Phi) is 4.53. The molecule has 0 radical (unpaired) electrons. The average molecular weight is 437 g/mol. The van der Waals surface area contributed by atoms with Crippen molar-refractivity contribution in [1.82, 2.24) is 24.9 Å². The van der Waals surface area contributed by atoms with Crippen molar-refractivity contribution in [3.63, 3.8) is 0 Å². The Bertz CT molecular complexity index is 1300. The van der Waals surface area contributed by atoms with Crippen LogP contribution in [0.15, 0.2) is 30.6 Å². The Morgan fingerprint density at radius 2 is 1.78 bits per heavy atom. The second kappa shape index (κ2) is 7.44. The lowest BCUT2D eigenvalue weighted by atomic mass is 10.0. The molecule has 32 heavy (non-hydrogen) atoms. The molecule has 7 nitrogen and oxygen atoms in total. The molecule has 1 aliphatic heterocycles. The summed E-state index contributed by atoms with van der Waals surface area (Å²) in [5.74, 6) is -0.482. The SMILES string of the molecule is Cc1cn2cc(Nc3n[nH]c4cc(N5CCC(NC6CC6)CC5)cc(F)c34)cc(F)c2n1. The Morgan fingerprint density at radius 1 is 1.00 bits per heavy atom. The molecule has 0 atom stereocenters. The number of fused-ring (bicyclic) bond motifs is 2. The fraction of sp³-hybridized carbons (Fsp3) is 0.391. The third-order valence-corrected chi connectivity index (χ3v) is 6.40. The summed E-state index contributed by atoms with van der Waals surface area (Å²) < 4.78 is 31.2. The Labute approximate surface area is 183 Å². The van der Waals surface area contributed by atoms with Crippen LogP contribution in [0.5, 0.6) is 0 Å². The Morgan fingerprint density at radius 3 is 2.56 bits per heavy atom. The molecule has 1 aliphatic carbocycles. The maximum Gasteiger partial charge on any atom is 0.173 e. The number of aromatic amines is 1. The molecule has 0 unspecified atom stereocenters. The molecule has 4 aromatic rings. The highest BCUT2D eigenvalue weighted by atomic mass is 19.1. The number of hydrogen-bond acceptors (Lipinski definition) is 5. The molecule has 3 aromatic heterocycles. The highest BCUT2D eigenvalue weighted by Crippen LogP contribution is 2.32. The molecule has 9 heteroatoms. The highest BCUT2D eigenvalue weighted by Gasteiger charge is 2.27. The van der Waals surface area contributed by atoms with Gasteiger partial charge in [-0.15, -0.1) is 0 Å². The number of aromatic nitrogens is 4. The van der Waals surface area contributed by atoms with Crippen molar-refractivity contribution in [2.75, 3.05) is 23.3 Å². The number of pyridine rings is 1. The summed E-state index contributed by atoms with van der Waals surface area (Å²) in [6, 6.07) is 6.12. The molecule has 1 saturated heterocycles. The van der Waals surface area contributed by atoms with E-state index in [-0.39, 0.29) is 11.5 Å². The van der Waals surface area contributed by atoms with Crippen LogP contribution in [0.25, 0.3) is 16.6 Å². The normalized spacial score (nSPS) is 17.5. The first-order valence-corrected chi connectivity index (χ1v) is 11.1. The lowest BCUT2D eigenvalue weighted by Gasteiger charge is -2.34. The number of anilines is 3. The summed E-state index contributed by atoms with van der Waals surface area (Å²) in [5.41, 5.74) is 2.91. The lowest BCUT2D eigenvalue weighted by Crippen LogP contribution is -2.43. The third kappa shape index (κ3) is 3.56. The molecule has 4 heterocycles. The van der Waals surface area contributed by atoms with E-state index in [1.807, 2.05) is 6.07 Å². The van der Waals surface area contributed by atoms with Crippen molar-refractivity contribution in [2.45, 2.75) is 44.7 Å². The molecule has 0 bridgehead atoms. The van der Waals surface area contributed by atoms with Gasteiger partial charge >= 0.3 is 0 Å². The standard InChI is InChI=1S/C23H25F2N7/c1-13-11-32-12-16(8-19(25)23(32)26-13)28-22-21-18(24)9-17(10-20(21)29-30-22)31-6-4-15(5-7-31)27-14-2-3-14/h8-12,14-15,27H,2-7H2,1H3,(H2,28,29,30). The van der Waals surface area contributed by atoms with Crippen molar-refractivity contribution in [3.8, 4) is 0 Å². The molecule has 1 saturated carbocycles. The summed E-state index contributed by atoms with van der Waals surface area (Å²) in [6.45, 7) is 3.61. The number of nitrogens with one attached hydrogen (secondary N) is 3. The zero-order chi connectivity index (χ0) is 21.8. The summed E-state index contributed by atoms with van der Waals surface area (Å²) in [5, 5.41) is 14.3. The number of piperidine rings is 1. The fourth-order valence-electron chi connectivity index (χ4n) is 4.64. The molecule has 2 aliphatic rings. The van der Waals surface area contributed by atoms with Crippen LogP contribution in [-0.2, 0) is 0 Å². The minimum absolute atomic E-state index is 0.256. The molecule has 0 amide bonds. The fourth-order valence-corrected chi connectivity index (χ4v) is 4.64. The predicted molar refractivity (Wildman–Crippen MR) is 121 cm³/mol. The molecule has 3 N–H and O–H groups in total. The van der Waals surface area contributed by atoms with Gasteiger partial charge in [0.25, 0.3) is 0 Å². The summed E-state index contributed by atoms with van der Waals surface area (Å²) in [6.07, 6.45) is 8.16. The second-order valence-electron chi connectivity index (χ2n) is 8.94. The van der Waals surface area contributed by atoms with Crippen LogP contribution in [0, 0.1) is 18.6 Å². The van der Waals surface area contributed by atoms with Gasteiger partial charge in [-0.3, -0.25) is 5.10 Å². The van der Waals surface area contributed by atoms with Crippen LogP contribution in [0.2, 0.25) is 0 Å². The van der Waals surface area contributed by atoms with E-state index in [1.54, 1.807) is 29.8 Å². The van der Waals surface area contributed by atoms with Gasteiger partial charge in [0.15, 0.2) is 17.3 Å². The molecular weight excluding hydrogens is 412 g/mol. The first-order chi connectivity index (χ1) is 15.5. The molecule has 6 rings (SSSR count). The van der Waals surface area contributed by atoms with Gasteiger partial charge in [0.05, 0.1) is 22.3 Å². The van der Waals surface area contributed by atoms with Crippen molar-refractivity contribution < 1.29 is 8.78 Å². The largest absolute Gasteiger partial charge is 0.371 e. The zero-order valence-electron chi connectivity index (χ0n) is 17.8. The van der Waals surface area contributed by atoms with E-state index in [2.05, 4.69) is 30.7 Å². The van der Waals surface area contributed by atoms with Crippen LogP contribution in [-0.4, -0.2) is 44.8 Å². The van der Waals surface area contributed by atoms with Crippen molar-refractivity contribution in [1.29, 1.82) is 0 Å². The maximum atomic E-state index is 15.2. The summed E-state index contributed by atoms with van der Waals surface area (Å²) >= 11 is 0. The van der Waals surface area contributed by atoms with Gasteiger partial charge < -0.3 is 19.9 Å². The summed E-state index contributed by atoms with van der Waals surface area (Å²) in [7, 11) is 0. The topological polar surface area (TPSA) is 73.3 Å². The van der Waals surface area contributed by atoms with E-state index >= 15 is 4.39 Å². The van der Waals surface area contributed by atoms with Gasteiger partial charge in [0, 0.05) is 49.3 Å². The molecular formula is C23H25F2N7. The zero-order valence-corrected chi connectivity index (χ0v) is 17.8. The van der Waals surface area contributed by atoms with Crippen LogP contribution in [0.4, 0.5) is 26.0 Å². The van der Waals surface area contributed by atoms with E-state index in [4.69, 9.17) is 0 Å². The number of rotatable bonds is 5. The van der Waals surface area contributed by atoms with E-state index in [9.17, 15) is 4.39 Å². The van der Waals surface area contributed by atoms with E-state index in [0.29, 0.717) is 34.5 Å². The van der Waals surface area contributed by atoms with Crippen LogP contribution in [0.1, 0.15) is 31.4 Å². The summed E-state index contributed by atoms with van der Waals surface area (Å²) in [4.78, 5) is 6.39. The highest BCUT2D eigenvalue weighted by molar-refractivity contribution is 5.94. The monoisotopic (exact) mass is 437 g/mol. The van der Waals surface area contributed by atoms with Crippen LogP contribution < -0.4 is 15.5 Å². The molecule has 1 aromatic carbocycles. The van der Waals surface area contributed by atoms with E-state index < -0.39 is 5.82 Å². The first kappa shape index (κ1) is 19.5. The lowest BCUT2D eigenvalue weighted by molar-refractivity contribution is 0.412. The van der Waals surface area contributed by atoms with Crippen molar-refractivity contribution in [2.24, 2.45) is 0 Å². The van der Waals surface area contributed by atoms with Gasteiger partial charge in [0.2, 0.25) is 0 Å². The van der Waals surface area contributed by atoms with Gasteiger partial charge in [0.1, 0.15) is 5.82 Å². The minimum atomic E-state index is -0.453. The number of aryl methyl sites for hydroxylation is 1. The smallest absolute Gasteiger partial charge is 0.173 e. The molecule has 0 spiro atoms. The second-order valence-corrected chi connectivity index (χ2v) is 8.94. The number of imidazole rings is 1. The quantitative estimate of drug-likeness (QED) is 0.435. The number of hydrogen-bond donors (Lipinski definition) is 3. The van der Waals surface area contributed by atoms with Gasteiger partial charge in [-0.2, -0.15) is 5.10 Å². The van der Waals surface area contributed by atoms with Gasteiger partial charge in [-0.1, -0.05) is 0 Å². The number of nitrogens with zero attached hydrogens (tertiary/aromatic N) is 4. The van der Waals surface area contributed by atoms with Gasteiger partial charge in [-0.05, 0) is 44.7 Å². The Hall–Kier alpha value is -3.20. The van der Waals surface area contributed by atoms with E-state index in [1.165, 1.54) is 18.9 Å².